The molecule has 0 N–H and O–H groups in total. The molecule has 0 unspecified atom stereocenters. The zero-order valence-corrected chi connectivity index (χ0v) is 14.8. The largest absolute Gasteiger partial charge is 0.381 e. The van der Waals surface area contributed by atoms with Crippen LogP contribution in [-0.2, 0) is 4.74 Å². The smallest absolute Gasteiger partial charge is 0.200 e. The number of hydrogen-bond acceptors (Lipinski definition) is 4. The van der Waals surface area contributed by atoms with Crippen molar-refractivity contribution in [3.05, 3.63) is 65.4 Å². The minimum Gasteiger partial charge on any atom is -0.381 e. The van der Waals surface area contributed by atoms with Gasteiger partial charge in [-0.15, -0.1) is 0 Å². The molecule has 0 radical (unpaired) electrons. The van der Waals surface area contributed by atoms with Crippen molar-refractivity contribution in [1.29, 1.82) is 0 Å². The molecule has 0 aliphatic carbocycles. The molecule has 1 aromatic heterocycles. The summed E-state index contributed by atoms with van der Waals surface area (Å²) < 4.78 is 5.49. The summed E-state index contributed by atoms with van der Waals surface area (Å²) >= 11 is 3.35. The van der Waals surface area contributed by atoms with Gasteiger partial charge in [0.1, 0.15) is 0 Å². The highest BCUT2D eigenvalue weighted by molar-refractivity contribution is 9.10. The fourth-order valence-electron chi connectivity index (χ4n) is 2.29. The number of ether oxygens (including phenoxy) is 1. The molecule has 4 rings (SSSR count). The number of rotatable bonds is 2. The molecular formula is C19H18BrN3O. The van der Waals surface area contributed by atoms with E-state index in [1.807, 2.05) is 60.7 Å². The van der Waals surface area contributed by atoms with E-state index < -0.39 is 0 Å². The van der Waals surface area contributed by atoms with Crippen molar-refractivity contribution in [3.63, 3.8) is 0 Å². The molecule has 24 heavy (non-hydrogen) atoms. The number of hydrogen-bond donors (Lipinski definition) is 0. The fraction of sp³-hybridized carbons (Fsp3) is 0.211. The SMILES string of the molecule is Brc1nc(-c2ccccc2)nc(-c2ccccc2)n1.C1CCOC1. The summed E-state index contributed by atoms with van der Waals surface area (Å²) in [5.41, 5.74) is 1.95. The van der Waals surface area contributed by atoms with Crippen LogP contribution in [0.3, 0.4) is 0 Å². The van der Waals surface area contributed by atoms with Gasteiger partial charge in [-0.1, -0.05) is 60.7 Å². The van der Waals surface area contributed by atoms with Gasteiger partial charge in [-0.05, 0) is 28.8 Å². The minimum atomic E-state index is 0.542. The molecule has 1 fully saturated rings. The van der Waals surface area contributed by atoms with Crippen LogP contribution in [0, 0.1) is 0 Å². The minimum absolute atomic E-state index is 0.542. The maximum Gasteiger partial charge on any atom is 0.200 e. The van der Waals surface area contributed by atoms with Gasteiger partial charge in [0.05, 0.1) is 0 Å². The predicted molar refractivity (Wildman–Crippen MR) is 98.5 cm³/mol. The summed E-state index contributed by atoms with van der Waals surface area (Å²) in [7, 11) is 0. The molecule has 2 heterocycles. The van der Waals surface area contributed by atoms with Crippen molar-refractivity contribution in [2.75, 3.05) is 13.2 Å². The van der Waals surface area contributed by atoms with E-state index in [1.165, 1.54) is 12.8 Å². The number of nitrogens with zero attached hydrogens (tertiary/aromatic N) is 3. The van der Waals surface area contributed by atoms with Gasteiger partial charge in [0.25, 0.3) is 0 Å². The summed E-state index contributed by atoms with van der Waals surface area (Å²) in [5, 5.41) is 0. The average molecular weight is 384 g/mol. The molecular weight excluding hydrogens is 366 g/mol. The third-order valence-corrected chi connectivity index (χ3v) is 3.85. The Bertz CT molecular complexity index is 697. The maximum absolute atomic E-state index is 4.94. The highest BCUT2D eigenvalue weighted by Crippen LogP contribution is 2.21. The summed E-state index contributed by atoms with van der Waals surface area (Å²) in [4.78, 5) is 13.2. The molecule has 1 aliphatic rings. The van der Waals surface area contributed by atoms with Crippen LogP contribution in [0.4, 0.5) is 0 Å². The summed E-state index contributed by atoms with van der Waals surface area (Å²) in [6, 6.07) is 19.7. The van der Waals surface area contributed by atoms with Gasteiger partial charge in [0.2, 0.25) is 4.73 Å². The van der Waals surface area contributed by atoms with Crippen LogP contribution in [0.5, 0.6) is 0 Å². The lowest BCUT2D eigenvalue weighted by Crippen LogP contribution is -1.97. The molecule has 2 aromatic carbocycles. The first-order valence-corrected chi connectivity index (χ1v) is 8.72. The van der Waals surface area contributed by atoms with E-state index in [0.717, 1.165) is 24.3 Å². The Morgan fingerprint density at radius 1 is 0.667 bits per heavy atom. The first-order valence-electron chi connectivity index (χ1n) is 7.93. The number of halogens is 1. The van der Waals surface area contributed by atoms with Crippen molar-refractivity contribution in [2.45, 2.75) is 12.8 Å². The second kappa shape index (κ2) is 8.66. The lowest BCUT2D eigenvalue weighted by molar-refractivity contribution is 0.198. The van der Waals surface area contributed by atoms with E-state index in [9.17, 15) is 0 Å². The first kappa shape index (κ1) is 16.7. The normalized spacial score (nSPS) is 13.2. The summed E-state index contributed by atoms with van der Waals surface area (Å²) in [5.74, 6) is 1.34. The molecule has 0 spiro atoms. The Balaban J connectivity index is 0.000000290. The lowest BCUT2D eigenvalue weighted by Gasteiger charge is -2.04. The molecule has 122 valence electrons. The zero-order valence-electron chi connectivity index (χ0n) is 13.2. The molecule has 5 heteroatoms. The van der Waals surface area contributed by atoms with Gasteiger partial charge in [-0.2, -0.15) is 0 Å². The Kier molecular flexibility index (Phi) is 6.04. The van der Waals surface area contributed by atoms with Gasteiger partial charge >= 0.3 is 0 Å². The molecule has 4 nitrogen and oxygen atoms in total. The fourth-order valence-corrected chi connectivity index (χ4v) is 2.63. The Morgan fingerprint density at radius 2 is 1.12 bits per heavy atom. The van der Waals surface area contributed by atoms with E-state index in [4.69, 9.17) is 4.74 Å². The quantitative estimate of drug-likeness (QED) is 0.639. The highest BCUT2D eigenvalue weighted by Gasteiger charge is 2.08. The molecule has 0 saturated carbocycles. The number of benzene rings is 2. The van der Waals surface area contributed by atoms with Gasteiger partial charge in [0.15, 0.2) is 11.6 Å². The Labute approximate surface area is 150 Å². The van der Waals surface area contributed by atoms with E-state index in [1.54, 1.807) is 0 Å². The van der Waals surface area contributed by atoms with Crippen molar-refractivity contribution < 1.29 is 4.74 Å². The molecule has 1 saturated heterocycles. The first-order chi connectivity index (χ1) is 11.8. The molecule has 0 amide bonds. The van der Waals surface area contributed by atoms with Crippen molar-refractivity contribution >= 4 is 15.9 Å². The van der Waals surface area contributed by atoms with Crippen molar-refractivity contribution in [2.24, 2.45) is 0 Å². The van der Waals surface area contributed by atoms with Crippen LogP contribution in [0.1, 0.15) is 12.8 Å². The van der Waals surface area contributed by atoms with Crippen LogP contribution in [0.15, 0.2) is 65.4 Å². The third-order valence-electron chi connectivity index (χ3n) is 3.50. The summed E-state index contributed by atoms with van der Waals surface area (Å²) in [6.45, 7) is 2.00. The third kappa shape index (κ3) is 4.69. The van der Waals surface area contributed by atoms with Gasteiger partial charge in [-0.25, -0.2) is 15.0 Å². The van der Waals surface area contributed by atoms with E-state index >= 15 is 0 Å². The van der Waals surface area contributed by atoms with E-state index in [2.05, 4.69) is 30.9 Å². The zero-order chi connectivity index (χ0) is 16.6. The van der Waals surface area contributed by atoms with Crippen molar-refractivity contribution in [1.82, 2.24) is 15.0 Å². The van der Waals surface area contributed by atoms with E-state index in [0.29, 0.717) is 16.4 Å². The van der Waals surface area contributed by atoms with Gasteiger partial charge < -0.3 is 4.74 Å². The highest BCUT2D eigenvalue weighted by atomic mass is 79.9. The van der Waals surface area contributed by atoms with Gasteiger partial charge in [-0.3, -0.25) is 0 Å². The predicted octanol–water partition coefficient (Wildman–Crippen LogP) is 4.76. The second-order valence-electron chi connectivity index (χ2n) is 5.30. The van der Waals surface area contributed by atoms with Crippen LogP contribution >= 0.6 is 15.9 Å². The monoisotopic (exact) mass is 383 g/mol. The number of aromatic nitrogens is 3. The standard InChI is InChI=1S/C15H10BrN3.C4H8O/c16-15-18-13(11-7-3-1-4-8-11)17-14(19-15)12-9-5-2-6-10-12;1-2-4-5-3-1/h1-10H;1-4H2. The van der Waals surface area contributed by atoms with Gasteiger partial charge in [0, 0.05) is 24.3 Å². The molecule has 3 aromatic rings. The second-order valence-corrected chi connectivity index (χ2v) is 6.01. The Morgan fingerprint density at radius 3 is 1.50 bits per heavy atom. The van der Waals surface area contributed by atoms with Crippen LogP contribution in [0.25, 0.3) is 22.8 Å². The average Bonchev–Trinajstić information content (AvgIpc) is 3.23. The summed E-state index contributed by atoms with van der Waals surface area (Å²) in [6.07, 6.45) is 2.56. The molecule has 1 aliphatic heterocycles. The van der Waals surface area contributed by atoms with Crippen LogP contribution < -0.4 is 0 Å². The molecule has 0 bridgehead atoms. The topological polar surface area (TPSA) is 47.9 Å². The van der Waals surface area contributed by atoms with E-state index in [-0.39, 0.29) is 0 Å². The maximum atomic E-state index is 4.94. The lowest BCUT2D eigenvalue weighted by atomic mass is 10.2. The molecule has 0 atom stereocenters. The van der Waals surface area contributed by atoms with Crippen molar-refractivity contribution in [3.8, 4) is 22.8 Å². The Hall–Kier alpha value is -2.11. The van der Waals surface area contributed by atoms with Crippen LogP contribution in [-0.4, -0.2) is 28.2 Å². The van der Waals surface area contributed by atoms with Crippen LogP contribution in [0.2, 0.25) is 0 Å².